The van der Waals surface area contributed by atoms with Crippen LogP contribution in [0.25, 0.3) is 23.6 Å². The largest absolute Gasteiger partial charge is 0.492 e. The van der Waals surface area contributed by atoms with E-state index in [-0.39, 0.29) is 5.56 Å². The van der Waals surface area contributed by atoms with Gasteiger partial charge in [-0.3, -0.25) is 15.0 Å². The molecule has 0 saturated heterocycles. The van der Waals surface area contributed by atoms with Crippen LogP contribution in [-0.4, -0.2) is 56.5 Å². The van der Waals surface area contributed by atoms with Crippen molar-refractivity contribution >= 4 is 35.1 Å². The van der Waals surface area contributed by atoms with Crippen LogP contribution in [0.1, 0.15) is 5.56 Å². The van der Waals surface area contributed by atoms with Crippen LogP contribution in [0.15, 0.2) is 29.2 Å². The molecule has 3 aromatic heterocycles. The predicted molar refractivity (Wildman–Crippen MR) is 114 cm³/mol. The topological polar surface area (TPSA) is 91.8 Å². The molecule has 0 spiro atoms. The molecule has 3 heterocycles. The standard InChI is InChI=1S/C20H22N6O2S/c1-12-19(29-24-21-12)18-14(20(27)23-22-18)10-13-11-26(4)15-6-5-7-16(17(13)15)28-9-8-25(2)3/h5-7,10-11,22H,1,8-9H2,2-4H3,(H,23,27)/b14-10-,19-18-. The van der Waals surface area contributed by atoms with Crippen molar-refractivity contribution in [3.63, 3.8) is 0 Å². The molecule has 4 aromatic rings. The number of aromatic amines is 2. The van der Waals surface area contributed by atoms with Crippen LogP contribution in [-0.2, 0) is 7.05 Å². The Morgan fingerprint density at radius 3 is 2.90 bits per heavy atom. The van der Waals surface area contributed by atoms with Crippen LogP contribution >= 0.6 is 11.5 Å². The molecule has 0 atom stereocenters. The number of benzene rings is 1. The maximum absolute atomic E-state index is 12.5. The molecule has 29 heavy (non-hydrogen) atoms. The molecule has 0 aliphatic rings. The van der Waals surface area contributed by atoms with E-state index >= 15 is 0 Å². The molecule has 0 bridgehead atoms. The lowest BCUT2D eigenvalue weighted by Gasteiger charge is -2.12. The van der Waals surface area contributed by atoms with E-state index in [4.69, 9.17) is 4.74 Å². The molecule has 0 saturated carbocycles. The summed E-state index contributed by atoms with van der Waals surface area (Å²) in [5, 5.41) is 12.2. The Morgan fingerprint density at radius 1 is 1.34 bits per heavy atom. The van der Waals surface area contributed by atoms with Gasteiger partial charge in [0.25, 0.3) is 5.56 Å². The first kappa shape index (κ1) is 19.2. The number of H-pyrrole nitrogens is 2. The number of nitrogens with one attached hydrogen (secondary N) is 2. The van der Waals surface area contributed by atoms with E-state index in [1.807, 2.05) is 56.2 Å². The Labute approximate surface area is 170 Å². The molecule has 0 aliphatic heterocycles. The van der Waals surface area contributed by atoms with Gasteiger partial charge in [-0.15, -0.1) is 5.10 Å². The highest BCUT2D eigenvalue weighted by molar-refractivity contribution is 7.03. The molecule has 0 unspecified atom stereocenters. The average molecular weight is 411 g/mol. The summed E-state index contributed by atoms with van der Waals surface area (Å²) in [6, 6.07) is 5.97. The fourth-order valence-electron chi connectivity index (χ4n) is 3.25. The average Bonchev–Trinajstić information content (AvgIpc) is 3.35. The summed E-state index contributed by atoms with van der Waals surface area (Å²) in [6.07, 6.45) is 3.86. The summed E-state index contributed by atoms with van der Waals surface area (Å²) < 4.78 is 12.7. The molecule has 0 fully saturated rings. The molecule has 150 valence electrons. The Hall–Kier alpha value is -3.17. The van der Waals surface area contributed by atoms with Gasteiger partial charge >= 0.3 is 0 Å². The zero-order valence-electron chi connectivity index (χ0n) is 16.5. The molecular formula is C20H22N6O2S. The van der Waals surface area contributed by atoms with Crippen molar-refractivity contribution in [2.75, 3.05) is 27.2 Å². The summed E-state index contributed by atoms with van der Waals surface area (Å²) in [7, 11) is 6.00. The van der Waals surface area contributed by atoms with Gasteiger partial charge in [0.2, 0.25) is 0 Å². The number of ether oxygens (including phenoxy) is 1. The number of hydrogen-bond acceptors (Lipinski definition) is 6. The maximum atomic E-state index is 12.5. The molecule has 1 aromatic carbocycles. The Bertz CT molecular complexity index is 1430. The number of nitrogens with zero attached hydrogens (tertiary/aromatic N) is 4. The smallest absolute Gasteiger partial charge is 0.271 e. The van der Waals surface area contributed by atoms with Gasteiger partial charge in [-0.2, -0.15) is 0 Å². The molecule has 2 N–H and O–H groups in total. The minimum absolute atomic E-state index is 0.212. The Balaban J connectivity index is 1.96. The first-order valence-electron chi connectivity index (χ1n) is 9.11. The van der Waals surface area contributed by atoms with Gasteiger partial charge < -0.3 is 14.2 Å². The van der Waals surface area contributed by atoms with Crippen LogP contribution in [0.4, 0.5) is 0 Å². The third kappa shape index (κ3) is 3.62. The quantitative estimate of drug-likeness (QED) is 0.500. The molecule has 9 heteroatoms. The molecular weight excluding hydrogens is 388 g/mol. The number of rotatable bonds is 5. The van der Waals surface area contributed by atoms with Gasteiger partial charge in [0.15, 0.2) is 0 Å². The van der Waals surface area contributed by atoms with E-state index in [0.717, 1.165) is 33.3 Å². The summed E-state index contributed by atoms with van der Waals surface area (Å²) in [5.74, 6) is 0.794. The second-order valence-corrected chi connectivity index (χ2v) is 7.81. The van der Waals surface area contributed by atoms with Crippen molar-refractivity contribution in [1.29, 1.82) is 0 Å². The Morgan fingerprint density at radius 2 is 2.17 bits per heavy atom. The number of fused-ring (bicyclic) bond motifs is 1. The fourth-order valence-corrected chi connectivity index (χ4v) is 3.87. The highest BCUT2D eigenvalue weighted by Gasteiger charge is 2.11. The van der Waals surface area contributed by atoms with Gasteiger partial charge in [-0.05, 0) is 43.8 Å². The lowest BCUT2D eigenvalue weighted by atomic mass is 10.1. The minimum Gasteiger partial charge on any atom is -0.492 e. The monoisotopic (exact) mass is 410 g/mol. The van der Waals surface area contributed by atoms with Crippen molar-refractivity contribution in [2.24, 2.45) is 7.05 Å². The van der Waals surface area contributed by atoms with Crippen molar-refractivity contribution in [3.05, 3.63) is 60.8 Å². The lowest BCUT2D eigenvalue weighted by molar-refractivity contribution is 0.263. The van der Waals surface area contributed by atoms with E-state index in [1.165, 1.54) is 11.5 Å². The summed E-state index contributed by atoms with van der Waals surface area (Å²) >= 11 is 1.20. The number of aryl methyl sites for hydroxylation is 1. The zero-order chi connectivity index (χ0) is 20.5. The maximum Gasteiger partial charge on any atom is 0.271 e. The van der Waals surface area contributed by atoms with Crippen LogP contribution in [0, 0.1) is 9.88 Å². The van der Waals surface area contributed by atoms with Gasteiger partial charge in [-0.25, -0.2) is 0 Å². The van der Waals surface area contributed by atoms with Crippen molar-refractivity contribution in [3.8, 4) is 5.75 Å². The molecule has 8 nitrogen and oxygen atoms in total. The molecule has 0 aliphatic carbocycles. The van der Waals surface area contributed by atoms with Gasteiger partial charge in [-0.1, -0.05) is 17.1 Å². The van der Waals surface area contributed by atoms with Crippen molar-refractivity contribution < 1.29 is 4.74 Å². The summed E-state index contributed by atoms with van der Waals surface area (Å²) in [6.45, 7) is 5.28. The molecule has 0 amide bonds. The summed E-state index contributed by atoms with van der Waals surface area (Å²) in [5.41, 5.74) is 1.72. The van der Waals surface area contributed by atoms with E-state index in [2.05, 4.69) is 31.3 Å². The number of likely N-dealkylation sites (N-methyl/N-ethyl adjacent to an activating group) is 1. The normalized spacial score (nSPS) is 13.6. The van der Waals surface area contributed by atoms with Crippen LogP contribution < -0.4 is 20.9 Å². The highest BCUT2D eigenvalue weighted by Crippen LogP contribution is 2.30. The van der Waals surface area contributed by atoms with Crippen LogP contribution in [0.2, 0.25) is 0 Å². The molecule has 4 rings (SSSR count). The van der Waals surface area contributed by atoms with Gasteiger partial charge in [0.05, 0.1) is 16.1 Å². The molecule has 0 radical (unpaired) electrons. The second kappa shape index (κ2) is 7.69. The fraction of sp³-hybridized carbons (Fsp3) is 0.250. The third-order valence-corrected chi connectivity index (χ3v) is 5.48. The third-order valence-electron chi connectivity index (χ3n) is 4.70. The van der Waals surface area contributed by atoms with E-state index in [9.17, 15) is 4.79 Å². The number of aromatic nitrogens is 5. The van der Waals surface area contributed by atoms with E-state index in [1.54, 1.807) is 0 Å². The SMILES string of the molecule is C=c1nns/c1=c1\[nH][nH]c(=O)\c1=C/c1cn(C)c2cccc(OCCN(C)C)c12. The highest BCUT2D eigenvalue weighted by atomic mass is 32.1. The van der Waals surface area contributed by atoms with Gasteiger partial charge in [0, 0.05) is 30.7 Å². The van der Waals surface area contributed by atoms with E-state index in [0.29, 0.717) is 22.5 Å². The zero-order valence-corrected chi connectivity index (χ0v) is 17.3. The second-order valence-electron chi connectivity index (χ2n) is 7.06. The Kier molecular flexibility index (Phi) is 5.08. The van der Waals surface area contributed by atoms with Crippen molar-refractivity contribution in [1.82, 2.24) is 29.3 Å². The first-order chi connectivity index (χ1) is 14.0. The van der Waals surface area contributed by atoms with Gasteiger partial charge in [0.1, 0.15) is 22.2 Å². The lowest BCUT2D eigenvalue weighted by Crippen LogP contribution is -2.22. The first-order valence-corrected chi connectivity index (χ1v) is 9.88. The van der Waals surface area contributed by atoms with Crippen LogP contribution in [0.3, 0.4) is 0 Å². The van der Waals surface area contributed by atoms with Crippen LogP contribution in [0.5, 0.6) is 5.75 Å². The van der Waals surface area contributed by atoms with E-state index < -0.39 is 0 Å². The van der Waals surface area contributed by atoms with Crippen molar-refractivity contribution in [2.45, 2.75) is 0 Å². The summed E-state index contributed by atoms with van der Waals surface area (Å²) in [4.78, 5) is 14.6. The number of hydrogen-bond donors (Lipinski definition) is 2. The predicted octanol–water partition coefficient (Wildman–Crippen LogP) is 0.513. The minimum atomic E-state index is -0.212.